The van der Waals surface area contributed by atoms with Gasteiger partial charge in [0.25, 0.3) is 0 Å². The zero-order chi connectivity index (χ0) is 12.3. The van der Waals surface area contributed by atoms with Crippen molar-refractivity contribution in [3.05, 3.63) is 27.7 Å². The Labute approximate surface area is 115 Å². The zero-order valence-corrected chi connectivity index (χ0v) is 12.0. The van der Waals surface area contributed by atoms with Crippen molar-refractivity contribution < 1.29 is 0 Å². The van der Waals surface area contributed by atoms with Gasteiger partial charge in [0.2, 0.25) is 0 Å². The van der Waals surface area contributed by atoms with Gasteiger partial charge < -0.3 is 5.73 Å². The van der Waals surface area contributed by atoms with Crippen LogP contribution in [0.2, 0.25) is 5.02 Å². The van der Waals surface area contributed by atoms with E-state index in [0.29, 0.717) is 10.9 Å². The number of benzene rings is 1. The van der Waals surface area contributed by atoms with Gasteiger partial charge in [-0.05, 0) is 40.9 Å². The van der Waals surface area contributed by atoms with E-state index in [0.717, 1.165) is 28.8 Å². The topological polar surface area (TPSA) is 38.4 Å². The largest absolute Gasteiger partial charge is 0.387 e. The fraction of sp³-hybridized carbons (Fsp3) is 0.462. The maximum atomic E-state index is 6.09. The quantitative estimate of drug-likeness (QED) is 0.625. The number of halogens is 2. The van der Waals surface area contributed by atoms with E-state index < -0.39 is 0 Å². The number of hydrogen-bond donors (Lipinski definition) is 1. The highest BCUT2D eigenvalue weighted by Crippen LogP contribution is 2.33. The molecule has 92 valence electrons. The van der Waals surface area contributed by atoms with Crippen LogP contribution in [0.1, 0.15) is 32.1 Å². The van der Waals surface area contributed by atoms with Gasteiger partial charge >= 0.3 is 0 Å². The first-order chi connectivity index (χ1) is 8.18. The molecule has 0 saturated heterocycles. The van der Waals surface area contributed by atoms with Gasteiger partial charge in [-0.2, -0.15) is 0 Å². The molecule has 17 heavy (non-hydrogen) atoms. The molecule has 2 rings (SSSR count). The van der Waals surface area contributed by atoms with Gasteiger partial charge in [-0.25, -0.2) is 4.99 Å². The number of nitrogens with two attached hydrogens (primary N) is 1. The van der Waals surface area contributed by atoms with Gasteiger partial charge in [0.05, 0.1) is 15.2 Å². The fourth-order valence-electron chi connectivity index (χ4n) is 2.21. The van der Waals surface area contributed by atoms with Crippen LogP contribution in [-0.2, 0) is 0 Å². The smallest absolute Gasteiger partial charge is 0.103 e. The van der Waals surface area contributed by atoms with E-state index in [2.05, 4.69) is 20.9 Å². The average molecular weight is 316 g/mol. The molecule has 1 fully saturated rings. The van der Waals surface area contributed by atoms with Crippen molar-refractivity contribution in [3.8, 4) is 0 Å². The minimum absolute atomic E-state index is 0.439. The molecule has 0 bridgehead atoms. The molecule has 0 amide bonds. The second kappa shape index (κ2) is 5.87. The van der Waals surface area contributed by atoms with Gasteiger partial charge in [-0.3, -0.25) is 0 Å². The molecule has 0 spiro atoms. The summed E-state index contributed by atoms with van der Waals surface area (Å²) in [7, 11) is 0. The monoisotopic (exact) mass is 314 g/mol. The minimum atomic E-state index is 0.439. The number of hydrogen-bond acceptors (Lipinski definition) is 1. The average Bonchev–Trinajstić information content (AvgIpc) is 2.36. The lowest BCUT2D eigenvalue weighted by atomic mass is 9.88. The lowest BCUT2D eigenvalue weighted by Gasteiger charge is -2.20. The Balaban J connectivity index is 2.19. The van der Waals surface area contributed by atoms with Crippen LogP contribution in [0.15, 0.2) is 27.7 Å². The third kappa shape index (κ3) is 3.23. The molecular weight excluding hydrogens is 300 g/mol. The molecule has 1 aromatic rings. The molecule has 1 aliphatic carbocycles. The first-order valence-electron chi connectivity index (χ1n) is 5.96. The van der Waals surface area contributed by atoms with Crippen LogP contribution in [0.4, 0.5) is 5.69 Å². The van der Waals surface area contributed by atoms with Gasteiger partial charge in [0.1, 0.15) is 5.84 Å². The molecule has 1 aromatic carbocycles. The second-order valence-corrected chi connectivity index (χ2v) is 5.64. The molecule has 2 N–H and O–H groups in total. The Morgan fingerprint density at radius 2 is 2.00 bits per heavy atom. The van der Waals surface area contributed by atoms with Gasteiger partial charge in [-0.15, -0.1) is 0 Å². The van der Waals surface area contributed by atoms with Crippen molar-refractivity contribution in [1.29, 1.82) is 0 Å². The molecule has 0 atom stereocenters. The SMILES string of the molecule is NC(=Nc1cccc(Cl)c1Br)C1CCCCC1. The van der Waals surface area contributed by atoms with Gasteiger partial charge in [-0.1, -0.05) is 36.9 Å². The van der Waals surface area contributed by atoms with E-state index in [1.807, 2.05) is 18.2 Å². The summed E-state index contributed by atoms with van der Waals surface area (Å²) in [5.41, 5.74) is 6.91. The van der Waals surface area contributed by atoms with Crippen LogP contribution < -0.4 is 5.73 Å². The fourth-order valence-corrected chi connectivity index (χ4v) is 2.73. The Morgan fingerprint density at radius 3 is 2.71 bits per heavy atom. The Hall–Kier alpha value is -0.540. The van der Waals surface area contributed by atoms with E-state index in [9.17, 15) is 0 Å². The maximum Gasteiger partial charge on any atom is 0.103 e. The first kappa shape index (κ1) is 12.9. The summed E-state index contributed by atoms with van der Waals surface area (Å²) >= 11 is 9.46. The van der Waals surface area contributed by atoms with E-state index in [1.54, 1.807) is 0 Å². The summed E-state index contributed by atoms with van der Waals surface area (Å²) in [5.74, 6) is 1.18. The van der Waals surface area contributed by atoms with Crippen LogP contribution in [0.5, 0.6) is 0 Å². The molecule has 2 nitrogen and oxygen atoms in total. The summed E-state index contributed by atoms with van der Waals surface area (Å²) in [4.78, 5) is 4.51. The van der Waals surface area contributed by atoms with E-state index in [4.69, 9.17) is 17.3 Å². The Morgan fingerprint density at radius 1 is 1.29 bits per heavy atom. The number of aliphatic imine (C=N–C) groups is 1. The highest BCUT2D eigenvalue weighted by atomic mass is 79.9. The van der Waals surface area contributed by atoms with Gasteiger partial charge in [0.15, 0.2) is 0 Å². The number of nitrogens with zero attached hydrogens (tertiary/aromatic N) is 1. The minimum Gasteiger partial charge on any atom is -0.387 e. The van der Waals surface area contributed by atoms with Crippen molar-refractivity contribution in [3.63, 3.8) is 0 Å². The number of amidine groups is 1. The molecular formula is C13H16BrClN2. The molecule has 0 radical (unpaired) electrons. The predicted molar refractivity (Wildman–Crippen MR) is 77.0 cm³/mol. The highest BCUT2D eigenvalue weighted by Gasteiger charge is 2.17. The molecule has 4 heteroatoms. The van der Waals surface area contributed by atoms with Crippen molar-refractivity contribution >= 4 is 39.1 Å². The molecule has 0 aliphatic heterocycles. The Bertz CT molecular complexity index is 425. The zero-order valence-electron chi connectivity index (χ0n) is 9.63. The van der Waals surface area contributed by atoms with Crippen molar-refractivity contribution in [2.45, 2.75) is 32.1 Å². The van der Waals surface area contributed by atoms with E-state index in [-0.39, 0.29) is 0 Å². The van der Waals surface area contributed by atoms with Crippen LogP contribution >= 0.6 is 27.5 Å². The molecule has 0 aromatic heterocycles. The third-order valence-electron chi connectivity index (χ3n) is 3.20. The summed E-state index contributed by atoms with van der Waals surface area (Å²) in [6.07, 6.45) is 6.17. The maximum absolute atomic E-state index is 6.09. The van der Waals surface area contributed by atoms with Crippen LogP contribution in [0.3, 0.4) is 0 Å². The molecule has 1 saturated carbocycles. The van der Waals surface area contributed by atoms with Crippen LogP contribution in [-0.4, -0.2) is 5.84 Å². The standard InChI is InChI=1S/C13H16BrClN2/c14-12-10(15)7-4-8-11(12)17-13(16)9-5-2-1-3-6-9/h4,7-9H,1-3,5-6H2,(H2,16,17). The molecule has 1 aliphatic rings. The highest BCUT2D eigenvalue weighted by molar-refractivity contribution is 9.10. The normalized spacial score (nSPS) is 18.4. The van der Waals surface area contributed by atoms with Crippen LogP contribution in [0, 0.1) is 5.92 Å². The third-order valence-corrected chi connectivity index (χ3v) is 4.58. The molecule has 0 heterocycles. The van der Waals surface area contributed by atoms with Crippen molar-refractivity contribution in [2.24, 2.45) is 16.6 Å². The Kier molecular flexibility index (Phi) is 4.46. The lowest BCUT2D eigenvalue weighted by Crippen LogP contribution is -2.25. The van der Waals surface area contributed by atoms with Crippen molar-refractivity contribution in [2.75, 3.05) is 0 Å². The van der Waals surface area contributed by atoms with E-state index >= 15 is 0 Å². The summed E-state index contributed by atoms with van der Waals surface area (Å²) in [6, 6.07) is 5.65. The number of rotatable bonds is 2. The van der Waals surface area contributed by atoms with Gasteiger partial charge in [0, 0.05) is 5.92 Å². The summed E-state index contributed by atoms with van der Waals surface area (Å²) in [6.45, 7) is 0. The summed E-state index contributed by atoms with van der Waals surface area (Å²) in [5, 5.41) is 0.669. The lowest BCUT2D eigenvalue weighted by molar-refractivity contribution is 0.437. The van der Waals surface area contributed by atoms with E-state index in [1.165, 1.54) is 19.3 Å². The first-order valence-corrected chi connectivity index (χ1v) is 7.13. The second-order valence-electron chi connectivity index (χ2n) is 4.44. The van der Waals surface area contributed by atoms with Crippen LogP contribution in [0.25, 0.3) is 0 Å². The summed E-state index contributed by atoms with van der Waals surface area (Å²) < 4.78 is 0.820. The molecule has 0 unspecified atom stereocenters. The van der Waals surface area contributed by atoms with Crippen molar-refractivity contribution in [1.82, 2.24) is 0 Å². The predicted octanol–water partition coefficient (Wildman–Crippen LogP) is 4.67.